The lowest BCUT2D eigenvalue weighted by Crippen LogP contribution is -2.17. The minimum absolute atomic E-state index is 0.0902. The first-order valence-electron chi connectivity index (χ1n) is 5.64. The summed E-state index contributed by atoms with van der Waals surface area (Å²) in [7, 11) is 0. The monoisotopic (exact) mass is 352 g/mol. The summed E-state index contributed by atoms with van der Waals surface area (Å²) in [5.74, 6) is -0.421. The third-order valence-corrected chi connectivity index (χ3v) is 3.21. The van der Waals surface area contributed by atoms with Crippen molar-refractivity contribution in [3.8, 4) is 5.75 Å². The molecule has 2 rings (SSSR count). The van der Waals surface area contributed by atoms with Gasteiger partial charge in [-0.15, -0.1) is 0 Å². The highest BCUT2D eigenvalue weighted by molar-refractivity contribution is 9.10. The van der Waals surface area contributed by atoms with Crippen LogP contribution in [0.1, 0.15) is 15.9 Å². The second-order valence-electron chi connectivity index (χ2n) is 3.89. The number of carbonyl (C=O) groups excluding carboxylic acids is 1. The zero-order valence-electron chi connectivity index (χ0n) is 10.2. The Kier molecular flexibility index (Phi) is 4.76. The Hall–Kier alpha value is -1.85. The van der Waals surface area contributed by atoms with Crippen LogP contribution in [0, 0.1) is 0 Å². The Morgan fingerprint density at radius 3 is 2.70 bits per heavy atom. The Morgan fingerprint density at radius 2 is 2.00 bits per heavy atom. The van der Waals surface area contributed by atoms with E-state index in [1.54, 1.807) is 36.4 Å². The number of benzene rings is 2. The van der Waals surface area contributed by atoms with E-state index in [4.69, 9.17) is 11.6 Å². The van der Waals surface area contributed by atoms with Gasteiger partial charge in [-0.2, -0.15) is 5.10 Å². The van der Waals surface area contributed by atoms with E-state index < -0.39 is 0 Å². The number of hydrazone groups is 1. The maximum atomic E-state index is 11.7. The summed E-state index contributed by atoms with van der Waals surface area (Å²) >= 11 is 9.09. The van der Waals surface area contributed by atoms with Gasteiger partial charge < -0.3 is 5.11 Å². The molecular weight excluding hydrogens is 344 g/mol. The molecule has 0 fully saturated rings. The largest absolute Gasteiger partial charge is 0.506 e. The molecule has 0 heterocycles. The molecule has 0 atom stereocenters. The van der Waals surface area contributed by atoms with Crippen molar-refractivity contribution in [1.82, 2.24) is 5.43 Å². The fourth-order valence-electron chi connectivity index (χ4n) is 1.50. The van der Waals surface area contributed by atoms with Gasteiger partial charge in [-0.25, -0.2) is 5.43 Å². The van der Waals surface area contributed by atoms with Crippen molar-refractivity contribution in [3.05, 3.63) is 63.1 Å². The number of amides is 1. The van der Waals surface area contributed by atoms with Crippen LogP contribution in [0.4, 0.5) is 0 Å². The van der Waals surface area contributed by atoms with Crippen LogP contribution in [0.25, 0.3) is 0 Å². The normalized spacial score (nSPS) is 10.7. The number of phenolic OH excluding ortho intramolecular Hbond substituents is 1. The van der Waals surface area contributed by atoms with E-state index in [9.17, 15) is 9.90 Å². The molecule has 2 N–H and O–H groups in total. The summed E-state index contributed by atoms with van der Waals surface area (Å²) in [6.07, 6.45) is 1.33. The summed E-state index contributed by atoms with van der Waals surface area (Å²) in [6, 6.07) is 11.9. The van der Waals surface area contributed by atoms with Gasteiger partial charge >= 0.3 is 0 Å². The van der Waals surface area contributed by atoms with Crippen molar-refractivity contribution in [2.24, 2.45) is 5.10 Å². The molecule has 102 valence electrons. The maximum Gasteiger partial charge on any atom is 0.271 e. The van der Waals surface area contributed by atoms with Gasteiger partial charge in [0.1, 0.15) is 5.75 Å². The number of halogens is 2. The molecular formula is C14H10BrClN2O2. The molecule has 0 saturated carbocycles. The quantitative estimate of drug-likeness (QED) is 0.654. The molecule has 0 aliphatic heterocycles. The van der Waals surface area contributed by atoms with E-state index in [0.717, 1.165) is 0 Å². The lowest BCUT2D eigenvalue weighted by Gasteiger charge is -2.03. The molecule has 6 heteroatoms. The van der Waals surface area contributed by atoms with Crippen molar-refractivity contribution >= 4 is 39.7 Å². The van der Waals surface area contributed by atoms with Gasteiger partial charge in [0.2, 0.25) is 0 Å². The number of aromatic hydroxyl groups is 1. The minimum atomic E-state index is -0.331. The SMILES string of the molecule is O=C(N/N=C\c1cc(Br)cc(Cl)c1O)c1ccccc1. The average Bonchev–Trinajstić information content (AvgIpc) is 2.44. The number of rotatable bonds is 3. The van der Waals surface area contributed by atoms with Crippen molar-refractivity contribution in [2.75, 3.05) is 0 Å². The molecule has 0 aliphatic carbocycles. The molecule has 0 aromatic heterocycles. The van der Waals surface area contributed by atoms with E-state index >= 15 is 0 Å². The first-order valence-corrected chi connectivity index (χ1v) is 6.81. The van der Waals surface area contributed by atoms with Crippen LogP contribution in [-0.4, -0.2) is 17.2 Å². The lowest BCUT2D eigenvalue weighted by molar-refractivity contribution is 0.0955. The van der Waals surface area contributed by atoms with E-state index in [0.29, 0.717) is 15.6 Å². The maximum absolute atomic E-state index is 11.7. The Bertz CT molecular complexity index is 660. The molecule has 4 nitrogen and oxygen atoms in total. The van der Waals surface area contributed by atoms with Crippen LogP contribution in [0.2, 0.25) is 5.02 Å². The van der Waals surface area contributed by atoms with Crippen LogP contribution >= 0.6 is 27.5 Å². The van der Waals surface area contributed by atoms with Crippen LogP contribution < -0.4 is 5.43 Å². The highest BCUT2D eigenvalue weighted by Gasteiger charge is 2.06. The van der Waals surface area contributed by atoms with Crippen molar-refractivity contribution in [2.45, 2.75) is 0 Å². The number of nitrogens with one attached hydrogen (secondary N) is 1. The zero-order valence-corrected chi connectivity index (χ0v) is 12.5. The summed E-state index contributed by atoms with van der Waals surface area (Å²) in [5.41, 5.74) is 3.28. The summed E-state index contributed by atoms with van der Waals surface area (Å²) in [6.45, 7) is 0. The van der Waals surface area contributed by atoms with Crippen LogP contribution in [0.3, 0.4) is 0 Å². The smallest absolute Gasteiger partial charge is 0.271 e. The van der Waals surface area contributed by atoms with Gasteiger partial charge in [-0.3, -0.25) is 4.79 Å². The Balaban J connectivity index is 2.10. The predicted molar refractivity (Wildman–Crippen MR) is 82.3 cm³/mol. The second kappa shape index (κ2) is 6.54. The fourth-order valence-corrected chi connectivity index (χ4v) is 2.33. The Morgan fingerprint density at radius 1 is 1.30 bits per heavy atom. The molecule has 2 aromatic carbocycles. The fraction of sp³-hybridized carbons (Fsp3) is 0. The standard InChI is InChI=1S/C14H10BrClN2O2/c15-11-6-10(13(19)12(16)7-11)8-17-18-14(20)9-4-2-1-3-5-9/h1-8,19H,(H,18,20)/b17-8-. The summed E-state index contributed by atoms with van der Waals surface area (Å²) < 4.78 is 0.705. The predicted octanol–water partition coefficient (Wildman–Crippen LogP) is 3.57. The van der Waals surface area contributed by atoms with Crippen LogP contribution in [0.15, 0.2) is 52.0 Å². The molecule has 0 radical (unpaired) electrons. The zero-order chi connectivity index (χ0) is 14.5. The molecule has 20 heavy (non-hydrogen) atoms. The topological polar surface area (TPSA) is 61.7 Å². The average molecular weight is 354 g/mol. The van der Waals surface area contributed by atoms with Gasteiger partial charge in [0.25, 0.3) is 5.91 Å². The molecule has 0 spiro atoms. The number of hydrogen-bond donors (Lipinski definition) is 2. The summed E-state index contributed by atoms with van der Waals surface area (Å²) in [5, 5.41) is 13.7. The summed E-state index contributed by atoms with van der Waals surface area (Å²) in [4.78, 5) is 11.7. The number of phenols is 1. The molecule has 0 unspecified atom stereocenters. The van der Waals surface area contributed by atoms with Crippen molar-refractivity contribution in [3.63, 3.8) is 0 Å². The van der Waals surface area contributed by atoms with Gasteiger partial charge in [-0.05, 0) is 24.3 Å². The molecule has 0 aliphatic rings. The molecule has 0 bridgehead atoms. The number of carbonyl (C=O) groups is 1. The Labute approximate surface area is 129 Å². The molecule has 0 saturated heterocycles. The highest BCUT2D eigenvalue weighted by atomic mass is 79.9. The first kappa shape index (κ1) is 14.6. The first-order chi connectivity index (χ1) is 9.58. The van der Waals surface area contributed by atoms with Crippen molar-refractivity contribution < 1.29 is 9.90 Å². The van der Waals surface area contributed by atoms with Gasteiger partial charge in [-0.1, -0.05) is 45.7 Å². The van der Waals surface area contributed by atoms with Crippen LogP contribution in [-0.2, 0) is 0 Å². The minimum Gasteiger partial charge on any atom is -0.506 e. The molecule has 1 amide bonds. The van der Waals surface area contributed by atoms with Gasteiger partial charge in [0.15, 0.2) is 0 Å². The third-order valence-electron chi connectivity index (χ3n) is 2.46. The molecule has 2 aromatic rings. The van der Waals surface area contributed by atoms with Gasteiger partial charge in [0.05, 0.1) is 11.2 Å². The van der Waals surface area contributed by atoms with E-state index in [1.165, 1.54) is 6.21 Å². The van der Waals surface area contributed by atoms with Gasteiger partial charge in [0, 0.05) is 15.6 Å². The van der Waals surface area contributed by atoms with E-state index in [2.05, 4.69) is 26.5 Å². The van der Waals surface area contributed by atoms with E-state index in [1.807, 2.05) is 6.07 Å². The van der Waals surface area contributed by atoms with E-state index in [-0.39, 0.29) is 16.7 Å². The number of hydrogen-bond acceptors (Lipinski definition) is 3. The van der Waals surface area contributed by atoms with Crippen LogP contribution in [0.5, 0.6) is 5.75 Å². The van der Waals surface area contributed by atoms with Crippen molar-refractivity contribution in [1.29, 1.82) is 0 Å². The third kappa shape index (κ3) is 3.59. The highest BCUT2D eigenvalue weighted by Crippen LogP contribution is 2.30. The number of nitrogens with zero attached hydrogens (tertiary/aromatic N) is 1. The second-order valence-corrected chi connectivity index (χ2v) is 5.21. The lowest BCUT2D eigenvalue weighted by atomic mass is 10.2.